The summed E-state index contributed by atoms with van der Waals surface area (Å²) in [5, 5.41) is 12.6. The van der Waals surface area contributed by atoms with Crippen LogP contribution in [0.3, 0.4) is 0 Å². The number of carbonyl (C=O) groups excluding carboxylic acids is 1. The van der Waals surface area contributed by atoms with Gasteiger partial charge in [-0.3, -0.25) is 4.79 Å². The normalized spacial score (nSPS) is 12.2. The summed E-state index contributed by atoms with van der Waals surface area (Å²) < 4.78 is 5.05. The summed E-state index contributed by atoms with van der Waals surface area (Å²) in [6, 6.07) is 5.26. The molecule has 1 amide bonds. The van der Waals surface area contributed by atoms with Crippen molar-refractivity contribution in [2.75, 3.05) is 19.8 Å². The van der Waals surface area contributed by atoms with Gasteiger partial charge in [-0.05, 0) is 25.5 Å². The van der Waals surface area contributed by atoms with Crippen molar-refractivity contribution in [3.8, 4) is 0 Å². The average molecular weight is 272 g/mol. The Morgan fingerprint density at radius 2 is 2.28 bits per heavy atom. The molecule has 1 atom stereocenters. The van der Waals surface area contributed by atoms with Crippen LogP contribution >= 0.6 is 11.6 Å². The zero-order valence-corrected chi connectivity index (χ0v) is 11.3. The lowest BCUT2D eigenvalue weighted by Gasteiger charge is -2.12. The standard InChI is InChI=1S/C13H18ClNO3/c1-3-18-8-10(16)7-15-13(17)11-6-4-5-9(2)12(11)14/h4-6,10,16H,3,7-8H2,1-2H3,(H,15,17). The fourth-order valence-corrected chi connectivity index (χ4v) is 1.65. The minimum Gasteiger partial charge on any atom is -0.389 e. The molecule has 1 unspecified atom stereocenters. The highest BCUT2D eigenvalue weighted by atomic mass is 35.5. The van der Waals surface area contributed by atoms with Crippen molar-refractivity contribution < 1.29 is 14.6 Å². The second kappa shape index (κ2) is 7.36. The van der Waals surface area contributed by atoms with Gasteiger partial charge in [0.2, 0.25) is 0 Å². The third-order valence-corrected chi connectivity index (χ3v) is 2.95. The van der Waals surface area contributed by atoms with Crippen molar-refractivity contribution in [1.82, 2.24) is 5.32 Å². The molecular weight excluding hydrogens is 254 g/mol. The number of hydrogen-bond acceptors (Lipinski definition) is 3. The minimum absolute atomic E-state index is 0.142. The Labute approximate surface area is 112 Å². The van der Waals surface area contributed by atoms with Crippen LogP contribution in [0, 0.1) is 6.92 Å². The Hall–Kier alpha value is -1.10. The highest BCUT2D eigenvalue weighted by Crippen LogP contribution is 2.19. The molecule has 1 rings (SSSR count). The van der Waals surface area contributed by atoms with Crippen LogP contribution in [0.1, 0.15) is 22.8 Å². The van der Waals surface area contributed by atoms with E-state index in [4.69, 9.17) is 16.3 Å². The Kier molecular flexibility index (Phi) is 6.12. The molecule has 0 saturated heterocycles. The van der Waals surface area contributed by atoms with Gasteiger partial charge >= 0.3 is 0 Å². The molecule has 0 heterocycles. The molecule has 0 aliphatic heterocycles. The quantitative estimate of drug-likeness (QED) is 0.829. The molecule has 0 aromatic heterocycles. The molecular formula is C13H18ClNO3. The topological polar surface area (TPSA) is 58.6 Å². The summed E-state index contributed by atoms with van der Waals surface area (Å²) in [6.45, 7) is 4.57. The van der Waals surface area contributed by atoms with Gasteiger partial charge in [0, 0.05) is 13.2 Å². The molecule has 4 nitrogen and oxygen atoms in total. The van der Waals surface area contributed by atoms with Gasteiger partial charge < -0.3 is 15.2 Å². The fraction of sp³-hybridized carbons (Fsp3) is 0.462. The Morgan fingerprint density at radius 3 is 2.94 bits per heavy atom. The first-order valence-electron chi connectivity index (χ1n) is 5.85. The Bertz CT molecular complexity index is 409. The minimum atomic E-state index is -0.711. The van der Waals surface area contributed by atoms with Gasteiger partial charge in [-0.25, -0.2) is 0 Å². The molecule has 0 fully saturated rings. The highest BCUT2D eigenvalue weighted by Gasteiger charge is 2.13. The van der Waals surface area contributed by atoms with Crippen LogP contribution in [0.4, 0.5) is 0 Å². The first kappa shape index (κ1) is 15.0. The van der Waals surface area contributed by atoms with E-state index in [1.165, 1.54) is 0 Å². The maximum Gasteiger partial charge on any atom is 0.252 e. The van der Waals surface area contributed by atoms with Crippen molar-refractivity contribution in [3.63, 3.8) is 0 Å². The summed E-state index contributed by atoms with van der Waals surface area (Å²) in [7, 11) is 0. The van der Waals surface area contributed by atoms with Crippen LogP contribution < -0.4 is 5.32 Å². The molecule has 0 aliphatic carbocycles. The van der Waals surface area contributed by atoms with Crippen LogP contribution in [-0.2, 0) is 4.74 Å². The SMILES string of the molecule is CCOCC(O)CNC(=O)c1cccc(C)c1Cl. The van der Waals surface area contributed by atoms with Gasteiger partial charge in [-0.1, -0.05) is 23.7 Å². The van der Waals surface area contributed by atoms with Gasteiger partial charge in [-0.2, -0.15) is 0 Å². The number of carbonyl (C=O) groups is 1. The maximum atomic E-state index is 11.8. The van der Waals surface area contributed by atoms with E-state index < -0.39 is 6.10 Å². The average Bonchev–Trinajstić information content (AvgIpc) is 2.36. The summed E-state index contributed by atoms with van der Waals surface area (Å²) >= 11 is 6.04. The summed E-state index contributed by atoms with van der Waals surface area (Å²) in [5.74, 6) is -0.292. The predicted molar refractivity (Wildman–Crippen MR) is 71.0 cm³/mol. The van der Waals surface area contributed by atoms with Crippen LogP contribution in [0.5, 0.6) is 0 Å². The number of benzene rings is 1. The number of hydrogen-bond donors (Lipinski definition) is 2. The van der Waals surface area contributed by atoms with Gasteiger partial charge in [0.05, 0.1) is 23.3 Å². The monoisotopic (exact) mass is 271 g/mol. The van der Waals surface area contributed by atoms with Gasteiger partial charge in [-0.15, -0.1) is 0 Å². The van der Waals surface area contributed by atoms with Crippen molar-refractivity contribution in [2.45, 2.75) is 20.0 Å². The van der Waals surface area contributed by atoms with Gasteiger partial charge in [0.1, 0.15) is 0 Å². The molecule has 0 radical (unpaired) electrons. The van der Waals surface area contributed by atoms with Gasteiger partial charge in [0.15, 0.2) is 0 Å². The van der Waals surface area contributed by atoms with Crippen molar-refractivity contribution >= 4 is 17.5 Å². The largest absolute Gasteiger partial charge is 0.389 e. The molecule has 1 aromatic rings. The van der Waals surface area contributed by atoms with E-state index in [1.807, 2.05) is 19.9 Å². The molecule has 18 heavy (non-hydrogen) atoms. The van der Waals surface area contributed by atoms with E-state index in [9.17, 15) is 9.90 Å². The molecule has 0 spiro atoms. The predicted octanol–water partition coefficient (Wildman–Crippen LogP) is 1.78. The van der Waals surface area contributed by atoms with Crippen LogP contribution in [0.25, 0.3) is 0 Å². The molecule has 2 N–H and O–H groups in total. The Balaban J connectivity index is 2.53. The van der Waals surface area contributed by atoms with E-state index in [2.05, 4.69) is 5.32 Å². The first-order chi connectivity index (χ1) is 8.56. The molecule has 5 heteroatoms. The van der Waals surface area contributed by atoms with Crippen LogP contribution in [0.2, 0.25) is 5.02 Å². The third-order valence-electron chi connectivity index (χ3n) is 2.45. The Morgan fingerprint density at radius 1 is 1.56 bits per heavy atom. The smallest absolute Gasteiger partial charge is 0.252 e. The second-order valence-electron chi connectivity index (χ2n) is 3.96. The van der Waals surface area contributed by atoms with E-state index >= 15 is 0 Å². The van der Waals surface area contributed by atoms with E-state index in [-0.39, 0.29) is 19.1 Å². The maximum absolute atomic E-state index is 11.8. The van der Waals surface area contributed by atoms with Crippen LogP contribution in [-0.4, -0.2) is 36.9 Å². The number of nitrogens with one attached hydrogen (secondary N) is 1. The molecule has 100 valence electrons. The molecule has 0 aliphatic rings. The number of ether oxygens (including phenoxy) is 1. The fourth-order valence-electron chi connectivity index (χ4n) is 1.44. The van der Waals surface area contributed by atoms with Crippen molar-refractivity contribution in [1.29, 1.82) is 0 Å². The van der Waals surface area contributed by atoms with E-state index in [0.29, 0.717) is 17.2 Å². The number of halogens is 1. The van der Waals surface area contributed by atoms with E-state index in [0.717, 1.165) is 5.56 Å². The molecule has 0 saturated carbocycles. The number of rotatable bonds is 6. The lowest BCUT2D eigenvalue weighted by atomic mass is 10.1. The van der Waals surface area contributed by atoms with Gasteiger partial charge in [0.25, 0.3) is 5.91 Å². The summed E-state index contributed by atoms with van der Waals surface area (Å²) in [6.07, 6.45) is -0.711. The first-order valence-corrected chi connectivity index (χ1v) is 6.23. The number of amides is 1. The van der Waals surface area contributed by atoms with Crippen molar-refractivity contribution in [3.05, 3.63) is 34.3 Å². The van der Waals surface area contributed by atoms with Crippen LogP contribution in [0.15, 0.2) is 18.2 Å². The lowest BCUT2D eigenvalue weighted by molar-refractivity contribution is 0.0418. The number of aryl methyl sites for hydroxylation is 1. The second-order valence-corrected chi connectivity index (χ2v) is 4.34. The lowest BCUT2D eigenvalue weighted by Crippen LogP contribution is -2.34. The molecule has 1 aromatic carbocycles. The zero-order chi connectivity index (χ0) is 13.5. The van der Waals surface area contributed by atoms with E-state index in [1.54, 1.807) is 12.1 Å². The third kappa shape index (κ3) is 4.29. The number of aliphatic hydroxyl groups is 1. The summed E-state index contributed by atoms with van der Waals surface area (Å²) in [5.41, 5.74) is 1.26. The highest BCUT2D eigenvalue weighted by molar-refractivity contribution is 6.34. The molecule has 0 bridgehead atoms. The summed E-state index contributed by atoms with van der Waals surface area (Å²) in [4.78, 5) is 11.8. The zero-order valence-electron chi connectivity index (χ0n) is 10.6. The number of aliphatic hydroxyl groups excluding tert-OH is 1. The van der Waals surface area contributed by atoms with Crippen molar-refractivity contribution in [2.24, 2.45) is 0 Å².